The number of ether oxygens (including phenoxy) is 1. The van der Waals surface area contributed by atoms with Crippen LogP contribution in [0, 0.1) is 0 Å². The van der Waals surface area contributed by atoms with Gasteiger partial charge >= 0.3 is 7.82 Å². The first kappa shape index (κ1) is 43.3. The molecule has 0 amide bonds. The lowest BCUT2D eigenvalue weighted by Crippen LogP contribution is -2.51. The van der Waals surface area contributed by atoms with E-state index in [1.54, 1.807) is 0 Å². The molecule has 0 radical (unpaired) electrons. The maximum atomic E-state index is 12.4. The lowest BCUT2D eigenvalue weighted by molar-refractivity contribution is -0.148. The molecule has 0 aromatic rings. The zero-order valence-corrected chi connectivity index (χ0v) is 28.0. The summed E-state index contributed by atoms with van der Waals surface area (Å²) >= 11 is 0. The largest absolute Gasteiger partial charge is 0.472 e. The number of rotatable bonds is 31. The van der Waals surface area contributed by atoms with Crippen LogP contribution in [0.1, 0.15) is 116 Å². The summed E-state index contributed by atoms with van der Waals surface area (Å²) < 4.78 is 27.3. The van der Waals surface area contributed by atoms with Gasteiger partial charge in [0.05, 0.1) is 25.9 Å². The quantitative estimate of drug-likeness (QED) is 0.0312. The van der Waals surface area contributed by atoms with E-state index in [0.717, 1.165) is 38.5 Å². The predicted octanol–water partition coefficient (Wildman–Crippen LogP) is 4.70. The van der Waals surface area contributed by atoms with Gasteiger partial charge in [0.15, 0.2) is 0 Å². The first-order valence-electron chi connectivity index (χ1n) is 16.6. The Hall–Kier alpha value is -0.690. The fourth-order valence-electron chi connectivity index (χ4n) is 4.74. The molecule has 262 valence electrons. The van der Waals surface area contributed by atoms with Crippen molar-refractivity contribution in [1.82, 2.24) is 0 Å². The van der Waals surface area contributed by atoms with E-state index in [1.165, 1.54) is 64.9 Å². The standard InChI is InChI=1S/C32H63O11P/c1-3-4-5-6-7-8-9-10-11-12-13-14-15-16-17-18-19-20-21-22-23-28(36)31(41-2)32(30(38)29(37)25-34)43-44(39,40)42-26-27(35)24-33/h7-8,13-14,27-38H,3-6,9-12,15-26H2,1-2H3,(H,39,40)/b8-7-,14-13-/t27-,28?,29-,30-,31-,32+/m1/s1. The van der Waals surface area contributed by atoms with Crippen molar-refractivity contribution >= 4 is 7.82 Å². The lowest BCUT2D eigenvalue weighted by atomic mass is 9.95. The number of hydrogen-bond donors (Lipinski definition) is 7. The summed E-state index contributed by atoms with van der Waals surface area (Å²) in [6, 6.07) is 0. The van der Waals surface area contributed by atoms with Crippen molar-refractivity contribution in [2.75, 3.05) is 26.9 Å². The minimum Gasteiger partial charge on any atom is -0.394 e. The zero-order valence-electron chi connectivity index (χ0n) is 27.1. The second-order valence-corrected chi connectivity index (χ2v) is 12.9. The number of aliphatic hydroxyl groups is 6. The zero-order chi connectivity index (χ0) is 33.1. The second kappa shape index (κ2) is 28.5. The fourth-order valence-corrected chi connectivity index (χ4v) is 5.72. The lowest BCUT2D eigenvalue weighted by Gasteiger charge is -2.35. The summed E-state index contributed by atoms with van der Waals surface area (Å²) in [4.78, 5) is 10.0. The molecule has 0 spiro atoms. The molecule has 0 aliphatic rings. The predicted molar refractivity (Wildman–Crippen MR) is 172 cm³/mol. The smallest absolute Gasteiger partial charge is 0.394 e. The topological polar surface area (TPSA) is 186 Å². The Labute approximate surface area is 265 Å². The Bertz CT molecular complexity index is 752. The van der Waals surface area contributed by atoms with Crippen molar-refractivity contribution in [3.05, 3.63) is 24.3 Å². The van der Waals surface area contributed by atoms with Crippen molar-refractivity contribution in [3.63, 3.8) is 0 Å². The van der Waals surface area contributed by atoms with Crippen molar-refractivity contribution in [2.45, 2.75) is 153 Å². The highest BCUT2D eigenvalue weighted by Gasteiger charge is 2.42. The summed E-state index contributed by atoms with van der Waals surface area (Å²) in [6.45, 7) is -0.0934. The Balaban J connectivity index is 4.27. The number of allylic oxidation sites excluding steroid dienone is 4. The van der Waals surface area contributed by atoms with Crippen molar-refractivity contribution in [3.8, 4) is 0 Å². The maximum absolute atomic E-state index is 12.4. The van der Waals surface area contributed by atoms with Crippen LogP contribution in [0.2, 0.25) is 0 Å². The number of phosphoric acid groups is 1. The Morgan fingerprint density at radius 1 is 0.659 bits per heavy atom. The molecule has 0 bridgehead atoms. The van der Waals surface area contributed by atoms with E-state index in [9.17, 15) is 35.0 Å². The Morgan fingerprint density at radius 3 is 1.61 bits per heavy atom. The van der Waals surface area contributed by atoms with Gasteiger partial charge in [-0.3, -0.25) is 9.05 Å². The van der Waals surface area contributed by atoms with Crippen molar-refractivity contribution < 1.29 is 53.9 Å². The van der Waals surface area contributed by atoms with Crippen LogP contribution in [0.4, 0.5) is 0 Å². The monoisotopic (exact) mass is 654 g/mol. The molecule has 0 aliphatic carbocycles. The van der Waals surface area contributed by atoms with Crippen molar-refractivity contribution in [1.29, 1.82) is 0 Å². The Morgan fingerprint density at radius 2 is 1.14 bits per heavy atom. The number of unbranched alkanes of at least 4 members (excludes halogenated alkanes) is 13. The third-order valence-corrected chi connectivity index (χ3v) is 8.44. The van der Waals surface area contributed by atoms with E-state index in [4.69, 9.17) is 14.4 Å². The number of hydrogen-bond acceptors (Lipinski definition) is 10. The van der Waals surface area contributed by atoms with Gasteiger partial charge in [0.2, 0.25) is 0 Å². The molecule has 0 aromatic heterocycles. The minimum atomic E-state index is -4.92. The van der Waals surface area contributed by atoms with Gasteiger partial charge in [-0.2, -0.15) is 0 Å². The number of aliphatic hydroxyl groups excluding tert-OH is 6. The van der Waals surface area contributed by atoms with Crippen LogP contribution in [-0.4, -0.2) is 99.1 Å². The molecule has 7 atom stereocenters. The molecule has 0 aliphatic heterocycles. The first-order valence-corrected chi connectivity index (χ1v) is 18.0. The summed E-state index contributed by atoms with van der Waals surface area (Å²) in [7, 11) is -3.70. The minimum absolute atomic E-state index is 0.250. The van der Waals surface area contributed by atoms with Crippen LogP contribution in [0.5, 0.6) is 0 Å². The summed E-state index contributed by atoms with van der Waals surface area (Å²) in [5, 5.41) is 58.6. The highest BCUT2D eigenvalue weighted by Crippen LogP contribution is 2.46. The molecule has 0 heterocycles. The van der Waals surface area contributed by atoms with Crippen LogP contribution >= 0.6 is 7.82 Å². The number of methoxy groups -OCH3 is 1. The molecule has 0 aromatic carbocycles. The maximum Gasteiger partial charge on any atom is 0.472 e. The van der Waals surface area contributed by atoms with Gasteiger partial charge in [-0.05, 0) is 57.8 Å². The van der Waals surface area contributed by atoms with Gasteiger partial charge < -0.3 is 40.3 Å². The van der Waals surface area contributed by atoms with E-state index < -0.39 is 64.3 Å². The summed E-state index contributed by atoms with van der Waals surface area (Å²) in [5.74, 6) is 0. The number of phosphoric ester groups is 1. The molecule has 0 fully saturated rings. The highest BCUT2D eigenvalue weighted by molar-refractivity contribution is 7.47. The Kier molecular flexibility index (Phi) is 28.1. The van der Waals surface area contributed by atoms with Gasteiger partial charge in [-0.1, -0.05) is 82.6 Å². The molecular weight excluding hydrogens is 591 g/mol. The third kappa shape index (κ3) is 22.8. The molecule has 7 N–H and O–H groups in total. The van der Waals surface area contributed by atoms with Gasteiger partial charge in [0, 0.05) is 7.11 Å². The molecule has 0 rings (SSSR count). The SMILES string of the molecule is CCCCC/C=C\CCCC/C=C\CCCCCCCCCC(O)[C@@H](OC)[C@@H](OP(=O)(O)OC[C@H](O)CO)[C@H](O)[C@H](O)CO. The van der Waals surface area contributed by atoms with E-state index in [0.29, 0.717) is 6.42 Å². The van der Waals surface area contributed by atoms with Gasteiger partial charge in [-0.25, -0.2) is 4.57 Å². The highest BCUT2D eigenvalue weighted by atomic mass is 31.2. The van der Waals surface area contributed by atoms with Crippen LogP contribution in [0.15, 0.2) is 24.3 Å². The molecule has 12 heteroatoms. The average molecular weight is 655 g/mol. The van der Waals surface area contributed by atoms with Crippen molar-refractivity contribution in [2.24, 2.45) is 0 Å². The summed E-state index contributed by atoms with van der Waals surface area (Å²) in [5.41, 5.74) is 0. The van der Waals surface area contributed by atoms with Crippen LogP contribution in [-0.2, 0) is 18.3 Å². The molecule has 2 unspecified atom stereocenters. The molecular formula is C32H63O11P. The van der Waals surface area contributed by atoms with E-state index in [-0.39, 0.29) is 6.42 Å². The molecule has 0 saturated carbocycles. The third-order valence-electron chi connectivity index (χ3n) is 7.46. The molecule has 44 heavy (non-hydrogen) atoms. The van der Waals surface area contributed by atoms with E-state index in [2.05, 4.69) is 35.8 Å². The van der Waals surface area contributed by atoms with Gasteiger partial charge in [-0.15, -0.1) is 0 Å². The molecule has 0 saturated heterocycles. The van der Waals surface area contributed by atoms with E-state index >= 15 is 0 Å². The first-order chi connectivity index (χ1) is 21.1. The normalized spacial score (nSPS) is 17.9. The van der Waals surface area contributed by atoms with Crippen LogP contribution in [0.3, 0.4) is 0 Å². The average Bonchev–Trinajstić information content (AvgIpc) is 3.01. The van der Waals surface area contributed by atoms with E-state index in [1.807, 2.05) is 0 Å². The van der Waals surface area contributed by atoms with Gasteiger partial charge in [0.1, 0.15) is 30.5 Å². The second-order valence-electron chi connectivity index (χ2n) is 11.5. The van der Waals surface area contributed by atoms with Crippen LogP contribution < -0.4 is 0 Å². The van der Waals surface area contributed by atoms with Gasteiger partial charge in [0.25, 0.3) is 0 Å². The van der Waals surface area contributed by atoms with Crippen LogP contribution in [0.25, 0.3) is 0 Å². The fraction of sp³-hybridized carbons (Fsp3) is 0.875. The molecule has 11 nitrogen and oxygen atoms in total. The summed E-state index contributed by atoms with van der Waals surface area (Å²) in [6.07, 6.45) is 18.2.